The zero-order valence-corrected chi connectivity index (χ0v) is 25.5. The van der Waals surface area contributed by atoms with E-state index >= 15 is 0 Å². The number of hydrogen-bond donors (Lipinski definition) is 1. The average molecular weight is 624 g/mol. The van der Waals surface area contributed by atoms with Gasteiger partial charge in [-0.1, -0.05) is 96.0 Å². The van der Waals surface area contributed by atoms with Gasteiger partial charge in [0.25, 0.3) is 15.9 Å². The minimum absolute atomic E-state index is 0.0208. The van der Waals surface area contributed by atoms with Gasteiger partial charge in [0.05, 0.1) is 28.9 Å². The fourth-order valence-electron chi connectivity index (χ4n) is 4.45. The summed E-state index contributed by atoms with van der Waals surface area (Å²) in [4.78, 5) is 13.6. The molecular weight excluding hydrogens is 594 g/mol. The van der Waals surface area contributed by atoms with Crippen molar-refractivity contribution in [2.24, 2.45) is 5.10 Å². The van der Waals surface area contributed by atoms with Crippen LogP contribution in [0.25, 0.3) is 0 Å². The molecule has 0 heterocycles. The predicted molar refractivity (Wildman–Crippen MR) is 175 cm³/mol. The second kappa shape index (κ2) is 14.0. The Kier molecular flexibility index (Phi) is 9.74. The number of hydrazone groups is 1. The van der Waals surface area contributed by atoms with Crippen LogP contribution in [0.15, 0.2) is 137 Å². The number of sulfonamides is 1. The van der Waals surface area contributed by atoms with E-state index in [0.29, 0.717) is 28.5 Å². The van der Waals surface area contributed by atoms with Crippen molar-refractivity contribution >= 4 is 39.4 Å². The summed E-state index contributed by atoms with van der Waals surface area (Å²) in [6.07, 6.45) is 1.50. The van der Waals surface area contributed by atoms with Gasteiger partial charge in [0.1, 0.15) is 12.4 Å². The minimum Gasteiger partial charge on any atom is -0.488 e. The van der Waals surface area contributed by atoms with Crippen molar-refractivity contribution < 1.29 is 17.9 Å². The summed E-state index contributed by atoms with van der Waals surface area (Å²) in [7, 11) is -4.07. The molecular formula is C35H30ClN3O4S. The lowest BCUT2D eigenvalue weighted by molar-refractivity contribution is 0.0955. The third-order valence-corrected chi connectivity index (χ3v) is 8.82. The van der Waals surface area contributed by atoms with Crippen molar-refractivity contribution in [3.8, 4) is 5.75 Å². The van der Waals surface area contributed by atoms with Crippen LogP contribution < -0.4 is 14.5 Å². The Morgan fingerprint density at radius 1 is 0.818 bits per heavy atom. The first-order chi connectivity index (χ1) is 21.3. The largest absolute Gasteiger partial charge is 0.488 e. The first kappa shape index (κ1) is 30.5. The van der Waals surface area contributed by atoms with Crippen LogP contribution in [0.3, 0.4) is 0 Å². The van der Waals surface area contributed by atoms with Crippen molar-refractivity contribution in [2.45, 2.75) is 25.0 Å². The zero-order chi connectivity index (χ0) is 30.9. The Hall–Kier alpha value is -4.92. The predicted octanol–water partition coefficient (Wildman–Crippen LogP) is 7.39. The molecule has 0 atom stereocenters. The van der Waals surface area contributed by atoms with Gasteiger partial charge in [0, 0.05) is 10.6 Å². The fourth-order valence-corrected chi connectivity index (χ4v) is 6.05. The number of ether oxygens (including phenoxy) is 1. The smallest absolute Gasteiger partial charge is 0.273 e. The molecule has 44 heavy (non-hydrogen) atoms. The van der Waals surface area contributed by atoms with Gasteiger partial charge in [-0.3, -0.25) is 9.10 Å². The molecule has 0 saturated heterocycles. The van der Waals surface area contributed by atoms with Gasteiger partial charge in [0.2, 0.25) is 0 Å². The molecule has 0 unspecified atom stereocenters. The maximum absolute atomic E-state index is 14.0. The fraction of sp³-hybridized carbons (Fsp3) is 0.0857. The minimum atomic E-state index is -4.07. The summed E-state index contributed by atoms with van der Waals surface area (Å²) in [6.45, 7) is 2.24. The van der Waals surface area contributed by atoms with Crippen LogP contribution in [-0.4, -0.2) is 20.5 Å². The molecule has 0 aliphatic rings. The number of amides is 1. The molecule has 1 amide bonds. The molecule has 0 bridgehead atoms. The van der Waals surface area contributed by atoms with Gasteiger partial charge < -0.3 is 4.74 Å². The van der Waals surface area contributed by atoms with Crippen molar-refractivity contribution in [2.75, 3.05) is 4.31 Å². The highest BCUT2D eigenvalue weighted by Gasteiger charge is 2.28. The highest BCUT2D eigenvalue weighted by molar-refractivity contribution is 7.92. The molecule has 0 radical (unpaired) electrons. The van der Waals surface area contributed by atoms with Crippen LogP contribution in [0.2, 0.25) is 5.02 Å². The average Bonchev–Trinajstić information content (AvgIpc) is 3.04. The Labute approximate surface area is 262 Å². The molecule has 0 spiro atoms. The number of para-hydroxylation sites is 2. The van der Waals surface area contributed by atoms with Crippen molar-refractivity contribution in [1.82, 2.24) is 5.43 Å². The number of carbonyl (C=O) groups excluding carboxylic acids is 1. The summed E-state index contributed by atoms with van der Waals surface area (Å²) < 4.78 is 35.2. The lowest BCUT2D eigenvalue weighted by Gasteiger charge is -2.26. The van der Waals surface area contributed by atoms with Gasteiger partial charge >= 0.3 is 0 Å². The van der Waals surface area contributed by atoms with Crippen LogP contribution in [0, 0.1) is 6.92 Å². The first-order valence-electron chi connectivity index (χ1n) is 13.8. The van der Waals surface area contributed by atoms with Crippen LogP contribution in [0.5, 0.6) is 5.75 Å². The van der Waals surface area contributed by atoms with E-state index in [1.54, 1.807) is 72.8 Å². The van der Waals surface area contributed by atoms with Crippen molar-refractivity contribution in [3.63, 3.8) is 0 Å². The van der Waals surface area contributed by atoms with Gasteiger partial charge in [0.15, 0.2) is 0 Å². The summed E-state index contributed by atoms with van der Waals surface area (Å²) in [5.74, 6) is 0.0350. The quantitative estimate of drug-likeness (QED) is 0.123. The topological polar surface area (TPSA) is 88.1 Å². The molecule has 0 saturated carbocycles. The lowest BCUT2D eigenvalue weighted by atomic mass is 10.1. The standard InChI is InChI=1S/C35H30ClN3O4S/c1-26-15-21-31(22-16-26)44(41,42)39(24-27-17-19-30(36)20-18-27)33-13-7-6-12-32(33)35(40)38-37-23-29-11-5-8-14-34(29)43-25-28-9-3-2-4-10-28/h2-23H,24-25H2,1H3,(H,38,40)/b37-23-. The Balaban J connectivity index is 1.41. The van der Waals surface area contributed by atoms with Crippen molar-refractivity contribution in [1.29, 1.82) is 0 Å². The van der Waals surface area contributed by atoms with Crippen LogP contribution in [0.1, 0.15) is 32.6 Å². The molecule has 0 aliphatic carbocycles. The number of rotatable bonds is 11. The lowest BCUT2D eigenvalue weighted by Crippen LogP contribution is -2.33. The third-order valence-electron chi connectivity index (χ3n) is 6.79. The van der Waals surface area contributed by atoms with Crippen LogP contribution in [0.4, 0.5) is 5.69 Å². The molecule has 222 valence electrons. The second-order valence-corrected chi connectivity index (χ2v) is 12.3. The molecule has 7 nitrogen and oxygen atoms in total. The summed E-state index contributed by atoms with van der Waals surface area (Å²) in [6, 6.07) is 37.2. The third kappa shape index (κ3) is 7.53. The normalized spacial score (nSPS) is 11.3. The van der Waals surface area contributed by atoms with E-state index in [-0.39, 0.29) is 22.7 Å². The Morgan fingerprint density at radius 2 is 1.48 bits per heavy atom. The second-order valence-electron chi connectivity index (χ2n) is 9.98. The van der Waals surface area contributed by atoms with Crippen LogP contribution in [-0.2, 0) is 23.2 Å². The molecule has 0 aliphatic heterocycles. The van der Waals surface area contributed by atoms with E-state index in [4.69, 9.17) is 16.3 Å². The summed E-state index contributed by atoms with van der Waals surface area (Å²) in [5, 5.41) is 4.70. The highest BCUT2D eigenvalue weighted by Crippen LogP contribution is 2.30. The van der Waals surface area contributed by atoms with E-state index < -0.39 is 15.9 Å². The Morgan fingerprint density at radius 3 is 2.23 bits per heavy atom. The van der Waals surface area contributed by atoms with E-state index in [0.717, 1.165) is 11.1 Å². The Bertz CT molecular complexity index is 1860. The number of nitrogens with zero attached hydrogens (tertiary/aromatic N) is 2. The van der Waals surface area contributed by atoms with Gasteiger partial charge in [-0.25, -0.2) is 13.8 Å². The van der Waals surface area contributed by atoms with Gasteiger partial charge in [-0.2, -0.15) is 5.10 Å². The number of benzene rings is 5. The highest BCUT2D eigenvalue weighted by atomic mass is 35.5. The van der Waals surface area contributed by atoms with E-state index in [9.17, 15) is 13.2 Å². The van der Waals surface area contributed by atoms with Gasteiger partial charge in [-0.15, -0.1) is 0 Å². The SMILES string of the molecule is Cc1ccc(S(=O)(=O)N(Cc2ccc(Cl)cc2)c2ccccc2C(=O)N/N=C\c2ccccc2OCc2ccccc2)cc1. The number of anilines is 1. The maximum atomic E-state index is 14.0. The number of nitrogens with one attached hydrogen (secondary N) is 1. The van der Waals surface area contributed by atoms with Gasteiger partial charge in [-0.05, 0) is 66.6 Å². The van der Waals surface area contributed by atoms with Crippen LogP contribution >= 0.6 is 11.6 Å². The van der Waals surface area contributed by atoms with E-state index in [1.165, 1.54) is 10.5 Å². The molecule has 5 rings (SSSR count). The molecule has 5 aromatic rings. The first-order valence-corrected chi connectivity index (χ1v) is 15.6. The summed E-state index contributed by atoms with van der Waals surface area (Å²) >= 11 is 6.07. The number of hydrogen-bond acceptors (Lipinski definition) is 5. The molecule has 1 N–H and O–H groups in total. The maximum Gasteiger partial charge on any atom is 0.273 e. The summed E-state index contributed by atoms with van der Waals surface area (Å²) in [5.41, 5.74) is 6.22. The molecule has 5 aromatic carbocycles. The zero-order valence-electron chi connectivity index (χ0n) is 23.9. The van der Waals surface area contributed by atoms with E-state index in [2.05, 4.69) is 10.5 Å². The number of aryl methyl sites for hydroxylation is 1. The van der Waals surface area contributed by atoms with Crippen molar-refractivity contribution in [3.05, 3.63) is 160 Å². The van der Waals surface area contributed by atoms with E-state index in [1.807, 2.05) is 61.5 Å². The molecule has 9 heteroatoms. The molecule has 0 fully saturated rings. The monoisotopic (exact) mass is 623 g/mol. The number of carbonyl (C=O) groups is 1. The number of halogens is 1. The molecule has 0 aromatic heterocycles.